The first-order chi connectivity index (χ1) is 15.9. The Morgan fingerprint density at radius 3 is 2.45 bits per heavy atom. The molecular formula is C24H29N5O3S. The first-order valence-corrected chi connectivity index (χ1v) is 12.8. The van der Waals surface area contributed by atoms with E-state index in [1.165, 1.54) is 0 Å². The van der Waals surface area contributed by atoms with Crippen LogP contribution in [0, 0.1) is 0 Å². The molecule has 0 saturated carbocycles. The van der Waals surface area contributed by atoms with E-state index in [1.807, 2.05) is 47.1 Å². The van der Waals surface area contributed by atoms with Crippen molar-refractivity contribution in [3.63, 3.8) is 0 Å². The average molecular weight is 468 g/mol. The minimum atomic E-state index is -3.28. The van der Waals surface area contributed by atoms with E-state index in [0.717, 1.165) is 49.1 Å². The van der Waals surface area contributed by atoms with Crippen molar-refractivity contribution < 1.29 is 13.2 Å². The third-order valence-corrected chi connectivity index (χ3v) is 6.22. The molecule has 0 atom stereocenters. The summed E-state index contributed by atoms with van der Waals surface area (Å²) in [4.78, 5) is 6.65. The molecule has 0 bridgehead atoms. The van der Waals surface area contributed by atoms with Crippen molar-refractivity contribution >= 4 is 15.7 Å². The number of rotatable bonds is 9. The van der Waals surface area contributed by atoms with Gasteiger partial charge in [-0.2, -0.15) is 5.10 Å². The Bertz CT molecular complexity index is 1170. The zero-order valence-electron chi connectivity index (χ0n) is 18.7. The molecule has 8 nitrogen and oxygen atoms in total. The summed E-state index contributed by atoms with van der Waals surface area (Å²) >= 11 is 0. The van der Waals surface area contributed by atoms with Crippen molar-refractivity contribution in [1.29, 1.82) is 0 Å². The highest BCUT2D eigenvalue weighted by Crippen LogP contribution is 2.24. The number of benzene rings is 2. The van der Waals surface area contributed by atoms with E-state index < -0.39 is 10.0 Å². The summed E-state index contributed by atoms with van der Waals surface area (Å²) in [6.07, 6.45) is 5.42. The van der Waals surface area contributed by atoms with Crippen LogP contribution in [-0.4, -0.2) is 47.4 Å². The van der Waals surface area contributed by atoms with Crippen LogP contribution in [0.25, 0.3) is 0 Å². The third-order valence-electron chi connectivity index (χ3n) is 5.61. The Morgan fingerprint density at radius 2 is 1.79 bits per heavy atom. The van der Waals surface area contributed by atoms with Gasteiger partial charge in [-0.1, -0.05) is 42.5 Å². The van der Waals surface area contributed by atoms with Crippen molar-refractivity contribution in [2.24, 2.45) is 0 Å². The number of anilines is 1. The zero-order chi connectivity index (χ0) is 23.3. The molecule has 2 heterocycles. The molecule has 0 radical (unpaired) electrons. The average Bonchev–Trinajstić information content (AvgIpc) is 3.27. The molecule has 0 amide bonds. The molecule has 0 aliphatic carbocycles. The Balaban J connectivity index is 1.26. The van der Waals surface area contributed by atoms with Crippen LogP contribution in [0.15, 0.2) is 73.4 Å². The highest BCUT2D eigenvalue weighted by Gasteiger charge is 2.23. The van der Waals surface area contributed by atoms with Crippen LogP contribution >= 0.6 is 0 Å². The second-order valence-corrected chi connectivity index (χ2v) is 10.0. The van der Waals surface area contributed by atoms with Crippen molar-refractivity contribution in [3.05, 3.63) is 90.3 Å². The molecule has 33 heavy (non-hydrogen) atoms. The molecule has 0 spiro atoms. The maximum absolute atomic E-state index is 11.3. The van der Waals surface area contributed by atoms with Crippen molar-refractivity contribution in [3.8, 4) is 0 Å². The lowest BCUT2D eigenvalue weighted by Crippen LogP contribution is -2.34. The lowest BCUT2D eigenvalue weighted by atomic mass is 10.1. The normalized spacial score (nSPS) is 14.8. The molecule has 2 aromatic carbocycles. The smallest absolute Gasteiger partial charge is 0.229 e. The number of nitrogens with one attached hydrogen (secondary N) is 1. The van der Waals surface area contributed by atoms with E-state index in [9.17, 15) is 8.42 Å². The van der Waals surface area contributed by atoms with Gasteiger partial charge in [0.25, 0.3) is 0 Å². The Morgan fingerprint density at radius 1 is 1.09 bits per heavy atom. The summed E-state index contributed by atoms with van der Waals surface area (Å²) in [5, 5.41) is 4.68. The lowest BCUT2D eigenvalue weighted by Gasteiger charge is -2.34. The number of likely N-dealkylation sites (tertiary alicyclic amines) is 1. The molecule has 1 fully saturated rings. The second kappa shape index (κ2) is 10.1. The fourth-order valence-electron chi connectivity index (χ4n) is 3.87. The first-order valence-electron chi connectivity index (χ1n) is 10.9. The largest absolute Gasteiger partial charge is 0.475 e. The number of ether oxygens (including phenoxy) is 1. The summed E-state index contributed by atoms with van der Waals surface area (Å²) in [7, 11) is -3.28. The second-order valence-electron chi connectivity index (χ2n) is 8.27. The molecule has 1 N–H and O–H groups in total. The fraction of sp³-hybridized carbons (Fsp3) is 0.333. The first kappa shape index (κ1) is 22.8. The highest BCUT2D eigenvalue weighted by atomic mass is 32.2. The molecule has 1 aromatic heterocycles. The predicted molar refractivity (Wildman–Crippen MR) is 128 cm³/mol. The number of aromatic nitrogens is 3. The fourth-order valence-corrected chi connectivity index (χ4v) is 4.43. The Labute approximate surface area is 195 Å². The SMILES string of the molecule is C=C(OCc1ccccc1)N1CCC(n2cnc(Cc3ccc(NS(C)(=O)=O)cc3)n2)CC1. The molecule has 9 heteroatoms. The summed E-state index contributed by atoms with van der Waals surface area (Å²) in [5.41, 5.74) is 2.69. The minimum Gasteiger partial charge on any atom is -0.475 e. The van der Waals surface area contributed by atoms with Gasteiger partial charge in [0, 0.05) is 25.2 Å². The summed E-state index contributed by atoms with van der Waals surface area (Å²) in [6.45, 7) is 6.35. The van der Waals surface area contributed by atoms with Crippen LogP contribution in [0.3, 0.4) is 0 Å². The minimum absolute atomic E-state index is 0.297. The van der Waals surface area contributed by atoms with Gasteiger partial charge in [-0.05, 0) is 42.7 Å². The van der Waals surface area contributed by atoms with E-state index in [-0.39, 0.29) is 0 Å². The van der Waals surface area contributed by atoms with Crippen LogP contribution in [0.2, 0.25) is 0 Å². The Hall–Kier alpha value is -3.33. The van der Waals surface area contributed by atoms with Crippen molar-refractivity contribution in [1.82, 2.24) is 19.7 Å². The van der Waals surface area contributed by atoms with Gasteiger partial charge in [0.15, 0.2) is 11.7 Å². The maximum atomic E-state index is 11.3. The van der Waals surface area contributed by atoms with E-state index >= 15 is 0 Å². The summed E-state index contributed by atoms with van der Waals surface area (Å²) in [5.74, 6) is 1.46. The molecule has 4 rings (SSSR count). The number of piperidine rings is 1. The number of nitrogens with zero attached hydrogens (tertiary/aromatic N) is 4. The molecule has 174 valence electrons. The monoisotopic (exact) mass is 467 g/mol. The highest BCUT2D eigenvalue weighted by molar-refractivity contribution is 7.92. The van der Waals surface area contributed by atoms with Crippen LogP contribution in [-0.2, 0) is 27.8 Å². The number of hydrogen-bond acceptors (Lipinski definition) is 6. The van der Waals surface area contributed by atoms with Gasteiger partial charge >= 0.3 is 0 Å². The van der Waals surface area contributed by atoms with Gasteiger partial charge < -0.3 is 9.64 Å². The Kier molecular flexibility index (Phi) is 6.98. The topological polar surface area (TPSA) is 89.4 Å². The van der Waals surface area contributed by atoms with Crippen molar-refractivity contribution in [2.75, 3.05) is 24.1 Å². The van der Waals surface area contributed by atoms with E-state index in [2.05, 4.69) is 26.3 Å². The molecule has 1 aliphatic rings. The van der Waals surface area contributed by atoms with Crippen molar-refractivity contribution in [2.45, 2.75) is 31.9 Å². The van der Waals surface area contributed by atoms with E-state index in [0.29, 0.717) is 30.6 Å². The van der Waals surface area contributed by atoms with E-state index in [1.54, 1.807) is 18.5 Å². The lowest BCUT2D eigenvalue weighted by molar-refractivity contribution is 0.0802. The van der Waals surface area contributed by atoms with Gasteiger partial charge in [-0.3, -0.25) is 4.72 Å². The van der Waals surface area contributed by atoms with Crippen LogP contribution < -0.4 is 4.72 Å². The molecular weight excluding hydrogens is 438 g/mol. The van der Waals surface area contributed by atoms with Gasteiger partial charge in [0.2, 0.25) is 10.0 Å². The molecule has 3 aromatic rings. The van der Waals surface area contributed by atoms with Crippen LogP contribution in [0.5, 0.6) is 0 Å². The third kappa shape index (κ3) is 6.58. The predicted octanol–water partition coefficient (Wildman–Crippen LogP) is 3.57. The number of sulfonamides is 1. The van der Waals surface area contributed by atoms with Crippen LogP contribution in [0.1, 0.15) is 35.8 Å². The summed E-state index contributed by atoms with van der Waals surface area (Å²) < 4.78 is 33.0. The van der Waals surface area contributed by atoms with Crippen LogP contribution in [0.4, 0.5) is 5.69 Å². The summed E-state index contributed by atoms with van der Waals surface area (Å²) in [6, 6.07) is 17.6. The van der Waals surface area contributed by atoms with Gasteiger partial charge in [-0.15, -0.1) is 0 Å². The maximum Gasteiger partial charge on any atom is 0.229 e. The quantitative estimate of drug-likeness (QED) is 0.484. The van der Waals surface area contributed by atoms with E-state index in [4.69, 9.17) is 4.74 Å². The molecule has 1 aliphatic heterocycles. The van der Waals surface area contributed by atoms with Gasteiger partial charge in [0.05, 0.1) is 12.3 Å². The molecule has 0 unspecified atom stereocenters. The number of hydrogen-bond donors (Lipinski definition) is 1. The standard InChI is InChI=1S/C24H29N5O3S/c1-19(32-17-21-6-4-3-5-7-21)28-14-12-23(13-15-28)29-18-25-24(26-29)16-20-8-10-22(11-9-20)27-33(2,30)31/h3-11,18,23,27H,1,12-17H2,2H3. The molecule has 1 saturated heterocycles. The van der Waals surface area contributed by atoms with Gasteiger partial charge in [-0.25, -0.2) is 18.1 Å². The zero-order valence-corrected chi connectivity index (χ0v) is 19.5. The van der Waals surface area contributed by atoms with Gasteiger partial charge in [0.1, 0.15) is 12.9 Å².